The number of carbonyl (C=O) groups excluding carboxylic acids is 1. The molecule has 0 aromatic rings. The Morgan fingerprint density at radius 3 is 1.52 bits per heavy atom. The number of nitrogens with one attached hydrogen (secondary N) is 1. The third kappa shape index (κ3) is 45.6. The van der Waals surface area contributed by atoms with E-state index in [1.54, 1.807) is 0 Å². The van der Waals surface area contributed by atoms with E-state index >= 15 is 0 Å². The van der Waals surface area contributed by atoms with Crippen LogP contribution in [0.15, 0.2) is 0 Å². The first-order valence-electron chi connectivity index (χ1n) is 9.08. The van der Waals surface area contributed by atoms with Gasteiger partial charge in [-0.15, -0.1) is 0 Å². The van der Waals surface area contributed by atoms with Crippen LogP contribution in [0.4, 0.5) is 0 Å². The first kappa shape index (κ1) is 30.2. The van der Waals surface area contributed by atoms with Crippen molar-refractivity contribution >= 4 is 71.1 Å². The first-order chi connectivity index (χ1) is 11.6. The van der Waals surface area contributed by atoms with E-state index in [0.717, 1.165) is 68.7 Å². The summed E-state index contributed by atoms with van der Waals surface area (Å²) in [4.78, 5) is 20.0. The minimum atomic E-state index is -4.32. The van der Waals surface area contributed by atoms with Gasteiger partial charge in [-0.1, -0.05) is 58.3 Å². The van der Waals surface area contributed by atoms with Gasteiger partial charge in [0.15, 0.2) is 0 Å². The van der Waals surface area contributed by atoms with E-state index in [9.17, 15) is 18.0 Å². The van der Waals surface area contributed by atoms with Crippen molar-refractivity contribution in [2.24, 2.45) is 0 Å². The second kappa shape index (κ2) is 22.5. The summed E-state index contributed by atoms with van der Waals surface area (Å²) in [6.45, 7) is 5.42. The Labute approximate surface area is 187 Å². The van der Waals surface area contributed by atoms with Crippen molar-refractivity contribution in [2.75, 3.05) is 0 Å². The van der Waals surface area contributed by atoms with Gasteiger partial charge in [-0.2, -0.15) is 8.42 Å². The average molecular weight is 408 g/mol. The van der Waals surface area contributed by atoms with E-state index < -0.39 is 22.2 Å². The van der Waals surface area contributed by atoms with E-state index in [1.165, 1.54) is 50.2 Å². The van der Waals surface area contributed by atoms with Crippen LogP contribution in [0.3, 0.4) is 0 Å². The number of unbranched alkanes of at least 4 members (excludes halogenated alkanes) is 8. The average Bonchev–Trinajstić information content (AvgIpc) is 2.44. The number of carboxylic acid groups (broad SMARTS) is 1. The Hall–Kier alpha value is 0.486. The van der Waals surface area contributed by atoms with Crippen molar-refractivity contribution in [1.82, 2.24) is 4.72 Å². The van der Waals surface area contributed by atoms with Crippen molar-refractivity contribution in [3.63, 3.8) is 0 Å². The molecule has 3 N–H and O–H groups in total. The topological polar surface area (TPSA) is 121 Å². The number of hydrogen-bond donors (Lipinski definition) is 3. The molecule has 146 valence electrons. The van der Waals surface area contributed by atoms with Crippen LogP contribution in [0, 0.1) is 0 Å². The third-order valence-corrected chi connectivity index (χ3v) is 3.31. The minimum absolute atomic E-state index is 0.343. The van der Waals surface area contributed by atoms with Gasteiger partial charge in [0.2, 0.25) is 5.91 Å². The van der Waals surface area contributed by atoms with Gasteiger partial charge >= 0.3 is 72.7 Å². The van der Waals surface area contributed by atoms with Crippen LogP contribution in [-0.4, -0.2) is 78.9 Å². The predicted molar refractivity (Wildman–Crippen MR) is 101 cm³/mol. The molecular weight excluding hydrogens is 373 g/mol. The molecule has 1 amide bonds. The zero-order valence-electron chi connectivity index (χ0n) is 16.2. The Kier molecular flexibility index (Phi) is 27.2. The quantitative estimate of drug-likeness (QED) is 0.274. The molecule has 7 nitrogen and oxygen atoms in total. The van der Waals surface area contributed by atoms with Crippen LogP contribution in [0.2, 0.25) is 0.515 Å². The van der Waals surface area contributed by atoms with Crippen molar-refractivity contribution in [2.45, 2.75) is 85.5 Å². The Bertz CT molecular complexity index is 415. The third-order valence-electron chi connectivity index (χ3n) is 2.77. The fraction of sp³-hybridized carbons (Fsp3) is 0.875. The summed E-state index contributed by atoms with van der Waals surface area (Å²) in [7, 11) is -4.32. The van der Waals surface area contributed by atoms with Gasteiger partial charge in [0.1, 0.15) is 0 Å². The van der Waals surface area contributed by atoms with Gasteiger partial charge in [-0.3, -0.25) is 14.1 Å². The fourth-order valence-corrected chi connectivity index (χ4v) is 2.13. The molecule has 0 radical (unpaired) electrons. The molecule has 0 aliphatic heterocycles. The van der Waals surface area contributed by atoms with E-state index in [2.05, 4.69) is 13.8 Å². The van der Waals surface area contributed by atoms with Crippen LogP contribution >= 0.6 is 0 Å². The Morgan fingerprint density at radius 2 is 1.28 bits per heavy atom. The van der Waals surface area contributed by atoms with Crippen molar-refractivity contribution in [3.8, 4) is 0 Å². The molecule has 25 heavy (non-hydrogen) atoms. The van der Waals surface area contributed by atoms with Crippen LogP contribution in [0.25, 0.3) is 0 Å². The molecule has 0 fully saturated rings. The van der Waals surface area contributed by atoms with Gasteiger partial charge in [-0.25, -0.2) is 4.72 Å². The van der Waals surface area contributed by atoms with Crippen molar-refractivity contribution < 1.29 is 27.7 Å². The maximum absolute atomic E-state index is 10.2. The van der Waals surface area contributed by atoms with Gasteiger partial charge in [0, 0.05) is 13.3 Å². The molecule has 0 atom stereocenters. The van der Waals surface area contributed by atoms with Crippen molar-refractivity contribution in [3.05, 3.63) is 0 Å². The summed E-state index contributed by atoms with van der Waals surface area (Å²) in [5, 5.41) is 8.41. The number of carbonyl (C=O) groups is 2. The zero-order valence-corrected chi connectivity index (χ0v) is 20.2. The number of carboxylic acids is 1. The summed E-state index contributed by atoms with van der Waals surface area (Å²) in [5.41, 5.74) is 0. The second-order valence-corrected chi connectivity index (χ2v) is 9.18. The SMILES string of the molecule is CC(=O)NS(=O)(=O)O.CCCCCCCCCCCC(=O)O.C[CH2][K]. The van der Waals surface area contributed by atoms with Crippen LogP contribution in [0.5, 0.6) is 0 Å². The van der Waals surface area contributed by atoms with Crippen LogP contribution in [-0.2, 0) is 19.9 Å². The molecule has 0 aliphatic rings. The summed E-state index contributed by atoms with van der Waals surface area (Å²) in [6.07, 6.45) is 11.5. The molecule has 9 heteroatoms. The molecule has 0 unspecified atom stereocenters. The van der Waals surface area contributed by atoms with E-state index in [0.29, 0.717) is 6.42 Å². The molecule has 0 heterocycles. The van der Waals surface area contributed by atoms with Gasteiger partial charge in [0.25, 0.3) is 0 Å². The number of aliphatic carboxylic acids is 1. The van der Waals surface area contributed by atoms with Gasteiger partial charge in [0.05, 0.1) is 0 Å². The van der Waals surface area contributed by atoms with Crippen LogP contribution < -0.4 is 4.72 Å². The number of amides is 1. The molecule has 0 spiro atoms. The van der Waals surface area contributed by atoms with Crippen molar-refractivity contribution in [1.29, 1.82) is 0 Å². The summed E-state index contributed by atoms with van der Waals surface area (Å²) in [5.74, 6) is -1.47. The van der Waals surface area contributed by atoms with Gasteiger partial charge in [-0.05, 0) is 6.42 Å². The van der Waals surface area contributed by atoms with E-state index in [4.69, 9.17) is 9.66 Å². The fourth-order valence-electron chi connectivity index (χ4n) is 1.77. The normalized spacial score (nSPS) is 10.0. The number of hydrogen-bond acceptors (Lipinski definition) is 4. The molecule has 0 aromatic carbocycles. The summed E-state index contributed by atoms with van der Waals surface area (Å²) >= 11 is 1.10. The van der Waals surface area contributed by atoms with Gasteiger partial charge < -0.3 is 5.11 Å². The van der Waals surface area contributed by atoms with E-state index in [-0.39, 0.29) is 0 Å². The molecule has 0 saturated carbocycles. The molecule has 0 aliphatic carbocycles. The standard InChI is InChI=1S/C12H24O2.C2H5NO4S.C2H5.K/c1-2-3-4-5-6-7-8-9-10-11-12(13)14;1-2(4)3-8(5,6)7;1-2;/h2-11H2,1H3,(H,13,14);1H3,(H,3,4)(H,5,6,7);1H2,2H3;. The first-order valence-corrected chi connectivity index (χ1v) is 12.7. The molecule has 0 saturated heterocycles. The molecule has 0 bridgehead atoms. The Morgan fingerprint density at radius 1 is 0.920 bits per heavy atom. The summed E-state index contributed by atoms with van der Waals surface area (Å²) < 4.78 is 29.9. The zero-order chi connectivity index (χ0) is 20.1. The second-order valence-electron chi connectivity index (χ2n) is 5.81. The molecular formula is C16H34KNO6S. The summed E-state index contributed by atoms with van der Waals surface area (Å²) in [6, 6.07) is 0. The molecule has 0 rings (SSSR count). The monoisotopic (exact) mass is 407 g/mol. The van der Waals surface area contributed by atoms with Crippen LogP contribution in [0.1, 0.15) is 85.0 Å². The number of rotatable bonds is 11. The Balaban J connectivity index is -0.000000371. The predicted octanol–water partition coefficient (Wildman–Crippen LogP) is 3.51. The van der Waals surface area contributed by atoms with E-state index in [1.807, 2.05) is 0 Å². The molecule has 0 aromatic heterocycles. The maximum atomic E-state index is 10.2.